The summed E-state index contributed by atoms with van der Waals surface area (Å²) in [6.45, 7) is 4.13. The Kier molecular flexibility index (Phi) is 2.59. The molecule has 1 fully saturated rings. The van der Waals surface area contributed by atoms with E-state index >= 15 is 0 Å². The molecule has 1 aliphatic rings. The van der Waals surface area contributed by atoms with Crippen LogP contribution in [-0.4, -0.2) is 23.2 Å². The summed E-state index contributed by atoms with van der Waals surface area (Å²) in [5, 5.41) is 7.23. The molecule has 13 heavy (non-hydrogen) atoms. The van der Waals surface area contributed by atoms with E-state index < -0.39 is 0 Å². The van der Waals surface area contributed by atoms with E-state index in [9.17, 15) is 0 Å². The minimum Gasteiger partial charge on any atom is -0.339 e. The third-order valence-corrected chi connectivity index (χ3v) is 2.45. The molecule has 1 N–H and O–H groups in total. The first-order valence-electron chi connectivity index (χ1n) is 4.93. The van der Waals surface area contributed by atoms with Gasteiger partial charge in [0.1, 0.15) is 0 Å². The van der Waals surface area contributed by atoms with E-state index in [2.05, 4.69) is 15.5 Å². The van der Waals surface area contributed by atoms with Gasteiger partial charge in [0.15, 0.2) is 5.82 Å². The van der Waals surface area contributed by atoms with Crippen molar-refractivity contribution in [2.24, 2.45) is 0 Å². The third kappa shape index (κ3) is 1.88. The van der Waals surface area contributed by atoms with Gasteiger partial charge in [-0.25, -0.2) is 0 Å². The number of rotatable bonds is 2. The van der Waals surface area contributed by atoms with Gasteiger partial charge in [-0.1, -0.05) is 12.1 Å². The van der Waals surface area contributed by atoms with E-state index in [0.717, 1.165) is 31.2 Å². The summed E-state index contributed by atoms with van der Waals surface area (Å²) in [7, 11) is 0. The van der Waals surface area contributed by atoms with Crippen LogP contribution in [0, 0.1) is 0 Å². The van der Waals surface area contributed by atoms with Crippen LogP contribution in [0.4, 0.5) is 0 Å². The molecule has 1 atom stereocenters. The lowest BCUT2D eigenvalue weighted by atomic mass is 10.00. The largest absolute Gasteiger partial charge is 0.339 e. The molecule has 2 rings (SSSR count). The Balaban J connectivity index is 2.05. The molecule has 1 aromatic heterocycles. The normalized spacial score (nSPS) is 23.3. The topological polar surface area (TPSA) is 51.0 Å². The molecule has 0 radical (unpaired) electrons. The molecule has 0 aliphatic carbocycles. The molecule has 1 saturated heterocycles. The maximum Gasteiger partial charge on any atom is 0.231 e. The average Bonchev–Trinajstić information content (AvgIpc) is 2.67. The van der Waals surface area contributed by atoms with Crippen LogP contribution in [0.3, 0.4) is 0 Å². The van der Waals surface area contributed by atoms with Crippen molar-refractivity contribution in [1.29, 1.82) is 0 Å². The molecule has 0 amide bonds. The smallest absolute Gasteiger partial charge is 0.231 e. The lowest BCUT2D eigenvalue weighted by Crippen LogP contribution is -2.28. The van der Waals surface area contributed by atoms with Crippen LogP contribution >= 0.6 is 0 Å². The van der Waals surface area contributed by atoms with E-state index in [1.807, 2.05) is 6.92 Å². The minimum atomic E-state index is 0.432. The van der Waals surface area contributed by atoms with Gasteiger partial charge in [-0.2, -0.15) is 4.98 Å². The molecule has 4 nitrogen and oxygen atoms in total. The van der Waals surface area contributed by atoms with Crippen molar-refractivity contribution in [3.05, 3.63) is 11.7 Å². The predicted octanol–water partition coefficient (Wildman–Crippen LogP) is 1.10. The lowest BCUT2D eigenvalue weighted by Gasteiger charge is -2.18. The van der Waals surface area contributed by atoms with Crippen molar-refractivity contribution >= 4 is 0 Å². The standard InChI is InChI=1S/C9H15N3O/c1-2-8-11-9(13-12-8)7-4-3-5-10-6-7/h7,10H,2-6H2,1H3. The van der Waals surface area contributed by atoms with Crippen molar-refractivity contribution in [2.75, 3.05) is 13.1 Å². The van der Waals surface area contributed by atoms with Crippen LogP contribution in [0.2, 0.25) is 0 Å². The Bertz CT molecular complexity index is 266. The second kappa shape index (κ2) is 3.87. The number of aromatic nitrogens is 2. The van der Waals surface area contributed by atoms with E-state index in [1.165, 1.54) is 12.8 Å². The maximum atomic E-state index is 5.19. The molecule has 0 saturated carbocycles. The highest BCUT2D eigenvalue weighted by atomic mass is 16.5. The number of nitrogens with one attached hydrogen (secondary N) is 1. The monoisotopic (exact) mass is 181 g/mol. The van der Waals surface area contributed by atoms with Gasteiger partial charge >= 0.3 is 0 Å². The molecule has 4 heteroatoms. The Labute approximate surface area is 77.7 Å². The quantitative estimate of drug-likeness (QED) is 0.742. The second-order valence-electron chi connectivity index (χ2n) is 3.45. The molecular formula is C9H15N3O. The van der Waals surface area contributed by atoms with Crippen molar-refractivity contribution in [1.82, 2.24) is 15.5 Å². The first-order valence-corrected chi connectivity index (χ1v) is 4.93. The zero-order valence-electron chi connectivity index (χ0n) is 7.92. The molecular weight excluding hydrogens is 166 g/mol. The van der Waals surface area contributed by atoms with Gasteiger partial charge in [0.25, 0.3) is 0 Å². The van der Waals surface area contributed by atoms with E-state index in [-0.39, 0.29) is 0 Å². The predicted molar refractivity (Wildman–Crippen MR) is 48.5 cm³/mol. The Hall–Kier alpha value is -0.900. The number of hydrogen-bond donors (Lipinski definition) is 1. The van der Waals surface area contributed by atoms with Gasteiger partial charge in [-0.15, -0.1) is 0 Å². The molecule has 1 unspecified atom stereocenters. The van der Waals surface area contributed by atoms with Crippen LogP contribution in [0.25, 0.3) is 0 Å². The lowest BCUT2D eigenvalue weighted by molar-refractivity contribution is 0.320. The van der Waals surface area contributed by atoms with Gasteiger partial charge < -0.3 is 9.84 Å². The van der Waals surface area contributed by atoms with E-state index in [4.69, 9.17) is 4.52 Å². The zero-order valence-corrected chi connectivity index (χ0v) is 7.92. The molecule has 1 aromatic rings. The van der Waals surface area contributed by atoms with Crippen LogP contribution in [0.5, 0.6) is 0 Å². The highest BCUT2D eigenvalue weighted by Gasteiger charge is 2.20. The molecule has 1 aliphatic heterocycles. The molecule has 0 spiro atoms. The Morgan fingerprint density at radius 1 is 1.62 bits per heavy atom. The summed E-state index contributed by atoms with van der Waals surface area (Å²) in [5.41, 5.74) is 0. The van der Waals surface area contributed by atoms with Crippen LogP contribution < -0.4 is 5.32 Å². The van der Waals surface area contributed by atoms with Crippen molar-refractivity contribution in [3.8, 4) is 0 Å². The highest BCUT2D eigenvalue weighted by molar-refractivity contribution is 4.96. The number of aryl methyl sites for hydroxylation is 1. The van der Waals surface area contributed by atoms with Crippen LogP contribution in [0.15, 0.2) is 4.52 Å². The highest BCUT2D eigenvalue weighted by Crippen LogP contribution is 2.21. The SMILES string of the molecule is CCc1noc(C2CCCNC2)n1. The first kappa shape index (κ1) is 8.69. The maximum absolute atomic E-state index is 5.19. The van der Waals surface area contributed by atoms with Crippen molar-refractivity contribution < 1.29 is 4.52 Å². The minimum absolute atomic E-state index is 0.432. The van der Waals surface area contributed by atoms with Gasteiger partial charge in [0.2, 0.25) is 5.89 Å². The Morgan fingerprint density at radius 3 is 3.15 bits per heavy atom. The van der Waals surface area contributed by atoms with Gasteiger partial charge in [0.05, 0.1) is 5.92 Å². The first-order chi connectivity index (χ1) is 6.40. The second-order valence-corrected chi connectivity index (χ2v) is 3.45. The molecule has 0 bridgehead atoms. The molecule has 72 valence electrons. The fourth-order valence-electron chi connectivity index (χ4n) is 1.64. The summed E-state index contributed by atoms with van der Waals surface area (Å²) in [6.07, 6.45) is 3.22. The van der Waals surface area contributed by atoms with Crippen molar-refractivity contribution in [3.63, 3.8) is 0 Å². The van der Waals surface area contributed by atoms with Gasteiger partial charge in [-0.3, -0.25) is 0 Å². The van der Waals surface area contributed by atoms with Crippen LogP contribution in [0.1, 0.15) is 37.4 Å². The molecule has 2 heterocycles. The number of piperidine rings is 1. The summed E-state index contributed by atoms with van der Waals surface area (Å²) in [6, 6.07) is 0. The van der Waals surface area contributed by atoms with Crippen LogP contribution in [-0.2, 0) is 6.42 Å². The summed E-state index contributed by atoms with van der Waals surface area (Å²) < 4.78 is 5.19. The average molecular weight is 181 g/mol. The summed E-state index contributed by atoms with van der Waals surface area (Å²) >= 11 is 0. The summed E-state index contributed by atoms with van der Waals surface area (Å²) in [4.78, 5) is 4.33. The number of nitrogens with zero attached hydrogens (tertiary/aromatic N) is 2. The Morgan fingerprint density at radius 2 is 2.54 bits per heavy atom. The van der Waals surface area contributed by atoms with Gasteiger partial charge in [0, 0.05) is 13.0 Å². The summed E-state index contributed by atoms with van der Waals surface area (Å²) in [5.74, 6) is 2.06. The van der Waals surface area contributed by atoms with E-state index in [0.29, 0.717) is 5.92 Å². The van der Waals surface area contributed by atoms with Crippen molar-refractivity contribution in [2.45, 2.75) is 32.1 Å². The fourth-order valence-corrected chi connectivity index (χ4v) is 1.64. The number of hydrogen-bond acceptors (Lipinski definition) is 4. The van der Waals surface area contributed by atoms with Gasteiger partial charge in [-0.05, 0) is 19.4 Å². The zero-order chi connectivity index (χ0) is 9.10. The van der Waals surface area contributed by atoms with E-state index in [1.54, 1.807) is 0 Å². The third-order valence-electron chi connectivity index (χ3n) is 2.45. The fraction of sp³-hybridized carbons (Fsp3) is 0.778. The molecule has 0 aromatic carbocycles.